The van der Waals surface area contributed by atoms with E-state index in [0.717, 1.165) is 12.8 Å². The predicted molar refractivity (Wildman–Crippen MR) is 86.0 cm³/mol. The smallest absolute Gasteiger partial charge is 0.244 e. The largest absolute Gasteiger partial charge is 0.399 e. The molecule has 0 aromatic heterocycles. The number of hydrogen-bond acceptors (Lipinski definition) is 4. The molecular weight excluding hydrogens is 312 g/mol. The standard InChI is InChI=1S/C14H23ClN2O3S/c1-4-12(5-2)17(8-9-20-3)21(18,19)14-10-11(16)6-7-13(14)15/h6-7,10,12H,4-5,8-9,16H2,1-3H3. The molecule has 0 unspecified atom stereocenters. The fraction of sp³-hybridized carbons (Fsp3) is 0.571. The number of ether oxygens (including phenoxy) is 1. The molecule has 120 valence electrons. The number of nitrogens with two attached hydrogens (primary N) is 1. The minimum absolute atomic E-state index is 0.0483. The average Bonchev–Trinajstić information content (AvgIpc) is 2.45. The van der Waals surface area contributed by atoms with Crippen molar-refractivity contribution in [2.75, 3.05) is 26.0 Å². The summed E-state index contributed by atoms with van der Waals surface area (Å²) in [6.07, 6.45) is 1.44. The van der Waals surface area contributed by atoms with Crippen molar-refractivity contribution in [1.82, 2.24) is 4.31 Å². The van der Waals surface area contributed by atoms with Gasteiger partial charge in [0.15, 0.2) is 0 Å². The Kier molecular flexibility index (Phi) is 6.93. The average molecular weight is 335 g/mol. The number of hydrogen-bond donors (Lipinski definition) is 1. The summed E-state index contributed by atoms with van der Waals surface area (Å²) in [5.41, 5.74) is 6.07. The summed E-state index contributed by atoms with van der Waals surface area (Å²) >= 11 is 6.06. The zero-order valence-corrected chi connectivity index (χ0v) is 14.2. The Morgan fingerprint density at radius 3 is 2.48 bits per heavy atom. The molecule has 1 aromatic carbocycles. The fourth-order valence-electron chi connectivity index (χ4n) is 2.22. The van der Waals surface area contributed by atoms with E-state index in [1.54, 1.807) is 13.2 Å². The zero-order valence-electron chi connectivity index (χ0n) is 12.7. The maximum absolute atomic E-state index is 12.9. The SMILES string of the molecule is CCC(CC)N(CCOC)S(=O)(=O)c1cc(N)ccc1Cl. The first-order valence-corrected chi connectivity index (χ1v) is 8.76. The first kappa shape index (κ1) is 18.2. The molecule has 0 aliphatic heterocycles. The Balaban J connectivity index is 3.28. The molecule has 0 saturated heterocycles. The van der Waals surface area contributed by atoms with Gasteiger partial charge in [0.25, 0.3) is 0 Å². The molecule has 5 nitrogen and oxygen atoms in total. The van der Waals surface area contributed by atoms with Gasteiger partial charge in [-0.25, -0.2) is 8.42 Å². The lowest BCUT2D eigenvalue weighted by Gasteiger charge is -2.29. The lowest BCUT2D eigenvalue weighted by atomic mass is 10.2. The van der Waals surface area contributed by atoms with Crippen LogP contribution < -0.4 is 5.73 Å². The summed E-state index contributed by atoms with van der Waals surface area (Å²) in [5, 5.41) is 0.178. The number of halogens is 1. The van der Waals surface area contributed by atoms with Gasteiger partial charge in [0, 0.05) is 25.4 Å². The Hall–Kier alpha value is -0.820. The summed E-state index contributed by atoms with van der Waals surface area (Å²) in [7, 11) is -2.16. The normalized spacial score (nSPS) is 12.3. The number of rotatable bonds is 8. The second kappa shape index (κ2) is 7.98. The lowest BCUT2D eigenvalue weighted by Crippen LogP contribution is -2.41. The highest BCUT2D eigenvalue weighted by atomic mass is 35.5. The zero-order chi connectivity index (χ0) is 16.0. The van der Waals surface area contributed by atoms with E-state index in [9.17, 15) is 8.42 Å². The van der Waals surface area contributed by atoms with Crippen molar-refractivity contribution in [1.29, 1.82) is 0 Å². The molecule has 2 N–H and O–H groups in total. The van der Waals surface area contributed by atoms with Crippen LogP contribution in [0.5, 0.6) is 0 Å². The number of sulfonamides is 1. The Morgan fingerprint density at radius 2 is 1.95 bits per heavy atom. The third-order valence-electron chi connectivity index (χ3n) is 3.41. The van der Waals surface area contributed by atoms with Gasteiger partial charge < -0.3 is 10.5 Å². The highest BCUT2D eigenvalue weighted by molar-refractivity contribution is 7.89. The van der Waals surface area contributed by atoms with Crippen molar-refractivity contribution in [3.05, 3.63) is 23.2 Å². The molecule has 0 aliphatic carbocycles. The lowest BCUT2D eigenvalue weighted by molar-refractivity contribution is 0.163. The van der Waals surface area contributed by atoms with Crippen LogP contribution in [0, 0.1) is 0 Å². The van der Waals surface area contributed by atoms with Crippen LogP contribution in [0.2, 0.25) is 5.02 Å². The molecule has 0 saturated carbocycles. The van der Waals surface area contributed by atoms with Crippen LogP contribution in [-0.2, 0) is 14.8 Å². The summed E-state index contributed by atoms with van der Waals surface area (Å²) < 4.78 is 32.3. The Bertz CT molecular complexity index is 559. The number of nitrogen functional groups attached to an aromatic ring is 1. The summed E-state index contributed by atoms with van der Waals surface area (Å²) in [6, 6.07) is 4.39. The number of anilines is 1. The molecule has 0 heterocycles. The molecule has 1 aromatic rings. The minimum atomic E-state index is -3.71. The molecular formula is C14H23ClN2O3S. The predicted octanol–water partition coefficient (Wildman–Crippen LogP) is 2.75. The number of benzene rings is 1. The van der Waals surface area contributed by atoms with Gasteiger partial charge in [-0.15, -0.1) is 0 Å². The van der Waals surface area contributed by atoms with E-state index < -0.39 is 10.0 Å². The fourth-order valence-corrected chi connectivity index (χ4v) is 4.49. The third kappa shape index (κ3) is 4.32. The first-order valence-electron chi connectivity index (χ1n) is 6.94. The molecule has 0 bridgehead atoms. The molecule has 21 heavy (non-hydrogen) atoms. The topological polar surface area (TPSA) is 72.6 Å². The monoisotopic (exact) mass is 334 g/mol. The van der Waals surface area contributed by atoms with Crippen LogP contribution in [0.1, 0.15) is 26.7 Å². The molecule has 0 fully saturated rings. The molecule has 0 aliphatic rings. The van der Waals surface area contributed by atoms with Crippen LogP contribution in [-0.4, -0.2) is 39.0 Å². The number of nitrogens with zero attached hydrogens (tertiary/aromatic N) is 1. The van der Waals surface area contributed by atoms with Gasteiger partial charge in [0.2, 0.25) is 10.0 Å². The minimum Gasteiger partial charge on any atom is -0.399 e. The molecule has 1 rings (SSSR count). The van der Waals surface area contributed by atoms with E-state index in [1.165, 1.54) is 16.4 Å². The van der Waals surface area contributed by atoms with E-state index in [4.69, 9.17) is 22.1 Å². The van der Waals surface area contributed by atoms with E-state index in [2.05, 4.69) is 0 Å². The molecule has 0 radical (unpaired) electrons. The van der Waals surface area contributed by atoms with Crippen molar-refractivity contribution in [3.63, 3.8) is 0 Å². The van der Waals surface area contributed by atoms with Crippen LogP contribution in [0.4, 0.5) is 5.69 Å². The maximum atomic E-state index is 12.9. The molecule has 0 atom stereocenters. The van der Waals surface area contributed by atoms with Crippen molar-refractivity contribution in [2.45, 2.75) is 37.6 Å². The van der Waals surface area contributed by atoms with Crippen LogP contribution in [0.15, 0.2) is 23.1 Å². The number of methoxy groups -OCH3 is 1. The summed E-state index contributed by atoms with van der Waals surface area (Å²) in [6.45, 7) is 4.54. The van der Waals surface area contributed by atoms with Crippen molar-refractivity contribution in [2.24, 2.45) is 0 Å². The van der Waals surface area contributed by atoms with Crippen molar-refractivity contribution < 1.29 is 13.2 Å². The van der Waals surface area contributed by atoms with Crippen LogP contribution >= 0.6 is 11.6 Å². The second-order valence-electron chi connectivity index (χ2n) is 4.77. The first-order chi connectivity index (χ1) is 9.88. The summed E-state index contributed by atoms with van der Waals surface area (Å²) in [4.78, 5) is 0.0483. The van der Waals surface area contributed by atoms with Gasteiger partial charge in [0.05, 0.1) is 11.6 Å². The van der Waals surface area contributed by atoms with Crippen molar-refractivity contribution >= 4 is 27.3 Å². The Morgan fingerprint density at radius 1 is 1.33 bits per heavy atom. The van der Waals surface area contributed by atoms with E-state index >= 15 is 0 Å². The highest BCUT2D eigenvalue weighted by Crippen LogP contribution is 2.29. The van der Waals surface area contributed by atoms with Gasteiger partial charge in [-0.1, -0.05) is 25.4 Å². The summed E-state index contributed by atoms with van der Waals surface area (Å²) in [5.74, 6) is 0. The Labute approximate surface area is 132 Å². The van der Waals surface area contributed by atoms with E-state index in [-0.39, 0.29) is 22.5 Å². The maximum Gasteiger partial charge on any atom is 0.244 e. The van der Waals surface area contributed by atoms with Gasteiger partial charge in [0.1, 0.15) is 4.90 Å². The molecule has 0 amide bonds. The van der Waals surface area contributed by atoms with Crippen LogP contribution in [0.25, 0.3) is 0 Å². The van der Waals surface area contributed by atoms with Gasteiger partial charge in [-0.2, -0.15) is 4.31 Å². The second-order valence-corrected chi connectivity index (χ2v) is 7.03. The van der Waals surface area contributed by atoms with E-state index in [0.29, 0.717) is 12.3 Å². The van der Waals surface area contributed by atoms with Gasteiger partial charge in [-0.05, 0) is 31.0 Å². The van der Waals surface area contributed by atoms with E-state index in [1.807, 2.05) is 13.8 Å². The molecule has 7 heteroatoms. The highest BCUT2D eigenvalue weighted by Gasteiger charge is 2.31. The van der Waals surface area contributed by atoms with Gasteiger partial charge in [-0.3, -0.25) is 0 Å². The van der Waals surface area contributed by atoms with Crippen LogP contribution in [0.3, 0.4) is 0 Å². The third-order valence-corrected chi connectivity index (χ3v) is 5.84. The quantitative estimate of drug-likeness (QED) is 0.742. The van der Waals surface area contributed by atoms with Crippen molar-refractivity contribution in [3.8, 4) is 0 Å². The molecule has 0 spiro atoms. The van der Waals surface area contributed by atoms with Gasteiger partial charge >= 0.3 is 0 Å².